The van der Waals surface area contributed by atoms with Crippen LogP contribution in [0.15, 0.2) is 18.2 Å². The Balaban J connectivity index is 2.33. The molecule has 3 N–H and O–H groups in total. The summed E-state index contributed by atoms with van der Waals surface area (Å²) in [5.74, 6) is 0.0362. The maximum atomic E-state index is 11.9. The molecule has 0 spiro atoms. The Bertz CT molecular complexity index is 450. The molecule has 5 heteroatoms. The summed E-state index contributed by atoms with van der Waals surface area (Å²) in [4.78, 5) is 14.0. The molecule has 1 unspecified atom stereocenters. The van der Waals surface area contributed by atoms with Crippen LogP contribution in [0.2, 0.25) is 5.02 Å². The third kappa shape index (κ3) is 2.53. The van der Waals surface area contributed by atoms with Crippen molar-refractivity contribution in [2.75, 3.05) is 24.2 Å². The van der Waals surface area contributed by atoms with Crippen molar-refractivity contribution < 1.29 is 4.79 Å². The van der Waals surface area contributed by atoms with Gasteiger partial charge in [0.2, 0.25) is 5.91 Å². The molecule has 0 saturated carbocycles. The Labute approximate surface area is 112 Å². The van der Waals surface area contributed by atoms with Crippen LogP contribution in [0.3, 0.4) is 0 Å². The van der Waals surface area contributed by atoms with Crippen molar-refractivity contribution in [1.29, 1.82) is 0 Å². The summed E-state index contributed by atoms with van der Waals surface area (Å²) in [6.45, 7) is 0.836. The number of rotatable bonds is 2. The second kappa shape index (κ2) is 5.48. The fraction of sp³-hybridized carbons (Fsp3) is 0.462. The van der Waals surface area contributed by atoms with Gasteiger partial charge in [-0.05, 0) is 37.5 Å². The first-order valence-corrected chi connectivity index (χ1v) is 6.54. The molecule has 0 bridgehead atoms. The van der Waals surface area contributed by atoms with Gasteiger partial charge in [-0.15, -0.1) is 0 Å². The maximum Gasteiger partial charge on any atom is 0.242 e. The van der Waals surface area contributed by atoms with Crippen LogP contribution in [-0.2, 0) is 4.79 Å². The van der Waals surface area contributed by atoms with Gasteiger partial charge in [-0.2, -0.15) is 0 Å². The Kier molecular flexibility index (Phi) is 3.97. The average molecular weight is 268 g/mol. The van der Waals surface area contributed by atoms with Crippen molar-refractivity contribution in [3.05, 3.63) is 23.2 Å². The van der Waals surface area contributed by atoms with Gasteiger partial charge in [0.05, 0.1) is 11.4 Å². The van der Waals surface area contributed by atoms with E-state index in [0.717, 1.165) is 31.5 Å². The van der Waals surface area contributed by atoms with Crippen LogP contribution in [0.4, 0.5) is 11.4 Å². The smallest absolute Gasteiger partial charge is 0.242 e. The molecule has 0 radical (unpaired) electrons. The quantitative estimate of drug-likeness (QED) is 0.806. The number of likely N-dealkylation sites (N-methyl/N-ethyl adjacent to an activating group) is 1. The maximum absolute atomic E-state index is 11.9. The first-order chi connectivity index (χ1) is 8.63. The zero-order valence-corrected chi connectivity index (χ0v) is 11.2. The predicted octanol–water partition coefficient (Wildman–Crippen LogP) is 2.03. The molecule has 98 valence electrons. The van der Waals surface area contributed by atoms with Gasteiger partial charge in [0, 0.05) is 18.6 Å². The summed E-state index contributed by atoms with van der Waals surface area (Å²) in [7, 11) is 1.66. The normalized spacial score (nSPS) is 19.7. The van der Waals surface area contributed by atoms with E-state index in [1.807, 2.05) is 6.07 Å². The number of hydrogen-bond acceptors (Lipinski definition) is 3. The third-order valence-electron chi connectivity index (χ3n) is 3.35. The number of nitrogen functional groups attached to an aromatic ring is 1. The molecular weight excluding hydrogens is 250 g/mol. The minimum atomic E-state index is -0.149. The fourth-order valence-corrected chi connectivity index (χ4v) is 2.59. The second-order valence-corrected chi connectivity index (χ2v) is 4.96. The molecule has 4 nitrogen and oxygen atoms in total. The van der Waals surface area contributed by atoms with Gasteiger partial charge in [0.1, 0.15) is 6.04 Å². The van der Waals surface area contributed by atoms with E-state index in [2.05, 4.69) is 10.2 Å². The van der Waals surface area contributed by atoms with E-state index in [-0.39, 0.29) is 11.9 Å². The number of carbonyl (C=O) groups is 1. The third-order valence-corrected chi connectivity index (χ3v) is 3.59. The van der Waals surface area contributed by atoms with Gasteiger partial charge in [0.25, 0.3) is 0 Å². The summed E-state index contributed by atoms with van der Waals surface area (Å²) in [6.07, 6.45) is 2.99. The number of nitrogens with zero attached hydrogens (tertiary/aromatic N) is 1. The molecule has 1 aromatic rings. The Morgan fingerprint density at radius 2 is 2.28 bits per heavy atom. The van der Waals surface area contributed by atoms with Gasteiger partial charge in [-0.1, -0.05) is 11.6 Å². The van der Waals surface area contributed by atoms with Crippen molar-refractivity contribution in [2.45, 2.75) is 25.3 Å². The number of nitrogens with one attached hydrogen (secondary N) is 1. The lowest BCUT2D eigenvalue weighted by atomic mass is 10.00. The largest absolute Gasteiger partial charge is 0.397 e. The van der Waals surface area contributed by atoms with Gasteiger partial charge in [-0.25, -0.2) is 0 Å². The fourth-order valence-electron chi connectivity index (χ4n) is 2.42. The number of halogens is 1. The van der Waals surface area contributed by atoms with Crippen molar-refractivity contribution >= 4 is 28.9 Å². The summed E-state index contributed by atoms with van der Waals surface area (Å²) in [5, 5.41) is 3.35. The number of amides is 1. The van der Waals surface area contributed by atoms with Crippen molar-refractivity contribution in [3.8, 4) is 0 Å². The molecule has 1 atom stereocenters. The summed E-state index contributed by atoms with van der Waals surface area (Å²) in [6, 6.07) is 5.23. The van der Waals surface area contributed by atoms with Crippen molar-refractivity contribution in [1.82, 2.24) is 5.32 Å². The monoisotopic (exact) mass is 267 g/mol. The van der Waals surface area contributed by atoms with Gasteiger partial charge in [-0.3, -0.25) is 4.79 Å². The molecule has 1 heterocycles. The molecule has 1 aliphatic heterocycles. The van der Waals surface area contributed by atoms with Gasteiger partial charge < -0.3 is 16.0 Å². The van der Waals surface area contributed by atoms with E-state index < -0.39 is 0 Å². The van der Waals surface area contributed by atoms with Gasteiger partial charge >= 0.3 is 0 Å². The lowest BCUT2D eigenvalue weighted by molar-refractivity contribution is -0.122. The first kappa shape index (κ1) is 13.0. The van der Waals surface area contributed by atoms with Crippen molar-refractivity contribution in [2.24, 2.45) is 0 Å². The molecule has 1 aliphatic rings. The van der Waals surface area contributed by atoms with Crippen LogP contribution in [-0.4, -0.2) is 25.5 Å². The molecule has 1 fully saturated rings. The SMILES string of the molecule is CNC(=O)C1CCCCN1c1cc(Cl)ccc1N. The Morgan fingerprint density at radius 1 is 1.50 bits per heavy atom. The number of anilines is 2. The van der Waals surface area contributed by atoms with Crippen LogP contribution >= 0.6 is 11.6 Å². The topological polar surface area (TPSA) is 58.4 Å². The number of nitrogens with two attached hydrogens (primary N) is 1. The number of hydrogen-bond donors (Lipinski definition) is 2. The van der Waals surface area contributed by atoms with E-state index >= 15 is 0 Å². The van der Waals surface area contributed by atoms with E-state index in [0.29, 0.717) is 10.7 Å². The molecule has 1 saturated heterocycles. The Hall–Kier alpha value is -1.42. The highest BCUT2D eigenvalue weighted by Gasteiger charge is 2.29. The Morgan fingerprint density at radius 3 is 3.00 bits per heavy atom. The zero-order valence-electron chi connectivity index (χ0n) is 10.4. The van der Waals surface area contributed by atoms with Crippen LogP contribution in [0.1, 0.15) is 19.3 Å². The summed E-state index contributed by atoms with van der Waals surface area (Å²) >= 11 is 6.01. The number of benzene rings is 1. The average Bonchev–Trinajstić information content (AvgIpc) is 2.40. The molecule has 1 amide bonds. The lowest BCUT2D eigenvalue weighted by Crippen LogP contribution is -2.49. The summed E-state index contributed by atoms with van der Waals surface area (Å²) < 4.78 is 0. The molecule has 1 aromatic carbocycles. The van der Waals surface area contributed by atoms with E-state index in [4.69, 9.17) is 17.3 Å². The molecular formula is C13H18ClN3O. The highest BCUT2D eigenvalue weighted by molar-refractivity contribution is 6.31. The number of piperidine rings is 1. The minimum absolute atomic E-state index is 0.0362. The molecule has 0 aliphatic carbocycles. The molecule has 2 rings (SSSR count). The van der Waals surface area contributed by atoms with Crippen molar-refractivity contribution in [3.63, 3.8) is 0 Å². The zero-order chi connectivity index (χ0) is 13.1. The van der Waals surface area contributed by atoms with E-state index in [1.165, 1.54) is 0 Å². The molecule has 0 aromatic heterocycles. The first-order valence-electron chi connectivity index (χ1n) is 6.16. The number of carbonyl (C=O) groups excluding carboxylic acids is 1. The van der Waals surface area contributed by atoms with Crippen LogP contribution in [0, 0.1) is 0 Å². The van der Waals surface area contributed by atoms with Gasteiger partial charge in [0.15, 0.2) is 0 Å². The predicted molar refractivity (Wildman–Crippen MR) is 74.9 cm³/mol. The highest BCUT2D eigenvalue weighted by atomic mass is 35.5. The van der Waals surface area contributed by atoms with Crippen LogP contribution < -0.4 is 16.0 Å². The minimum Gasteiger partial charge on any atom is -0.397 e. The second-order valence-electron chi connectivity index (χ2n) is 4.52. The van der Waals surface area contributed by atoms with Crippen LogP contribution in [0.25, 0.3) is 0 Å². The van der Waals surface area contributed by atoms with E-state index in [9.17, 15) is 4.79 Å². The highest BCUT2D eigenvalue weighted by Crippen LogP contribution is 2.32. The van der Waals surface area contributed by atoms with Crippen LogP contribution in [0.5, 0.6) is 0 Å². The lowest BCUT2D eigenvalue weighted by Gasteiger charge is -2.37. The summed E-state index contributed by atoms with van der Waals surface area (Å²) in [5.41, 5.74) is 7.51. The standard InChI is InChI=1S/C13H18ClN3O/c1-16-13(18)11-4-2-3-7-17(11)12-8-9(14)5-6-10(12)15/h5-6,8,11H,2-4,7,15H2,1H3,(H,16,18). The van der Waals surface area contributed by atoms with E-state index in [1.54, 1.807) is 19.2 Å². The molecule has 18 heavy (non-hydrogen) atoms.